The summed E-state index contributed by atoms with van der Waals surface area (Å²) in [6.07, 6.45) is 3.01. The van der Waals surface area contributed by atoms with Gasteiger partial charge in [0.25, 0.3) is 5.56 Å². The molecule has 0 unspecified atom stereocenters. The average Bonchev–Trinajstić information content (AvgIpc) is 2.99. The first kappa shape index (κ1) is 17.5. The minimum absolute atomic E-state index is 0.0314. The zero-order valence-electron chi connectivity index (χ0n) is 14.1. The van der Waals surface area contributed by atoms with Gasteiger partial charge in [-0.25, -0.2) is 0 Å². The first-order valence-corrected chi connectivity index (χ1v) is 7.86. The van der Waals surface area contributed by atoms with Gasteiger partial charge in [-0.1, -0.05) is 0 Å². The minimum atomic E-state index is -0.382. The number of carbonyl (C=O) groups is 1. The van der Waals surface area contributed by atoms with Crippen LogP contribution in [0, 0.1) is 25.2 Å². The molecule has 0 aromatic carbocycles. The standard InChI is InChI=1S/C18H21N3O3/c1-11(9-14-5-4-8-24-14)20-17(22)7-6-15-12(2)16(10-19)18(23)21-13(15)3/h4-5,8,11H,6-7,9H2,1-3H3,(H,20,22)(H,21,23)/t11-/m0/s1. The quantitative estimate of drug-likeness (QED) is 0.849. The van der Waals surface area contributed by atoms with Crippen LogP contribution in [0.1, 0.15) is 41.5 Å². The molecule has 0 radical (unpaired) electrons. The van der Waals surface area contributed by atoms with Gasteiger partial charge in [-0.2, -0.15) is 5.26 Å². The van der Waals surface area contributed by atoms with Gasteiger partial charge in [0.15, 0.2) is 0 Å². The highest BCUT2D eigenvalue weighted by Gasteiger charge is 2.14. The lowest BCUT2D eigenvalue weighted by Gasteiger charge is -2.14. The molecule has 0 aliphatic heterocycles. The first-order chi connectivity index (χ1) is 11.4. The maximum atomic E-state index is 12.1. The number of nitrogens with one attached hydrogen (secondary N) is 2. The van der Waals surface area contributed by atoms with E-state index in [0.717, 1.165) is 11.3 Å². The Morgan fingerprint density at radius 1 is 1.46 bits per heavy atom. The van der Waals surface area contributed by atoms with E-state index in [9.17, 15) is 9.59 Å². The molecule has 1 atom stereocenters. The number of amides is 1. The zero-order chi connectivity index (χ0) is 17.7. The van der Waals surface area contributed by atoms with Crippen molar-refractivity contribution in [1.29, 1.82) is 5.26 Å². The van der Waals surface area contributed by atoms with Gasteiger partial charge in [-0.3, -0.25) is 9.59 Å². The van der Waals surface area contributed by atoms with E-state index in [-0.39, 0.29) is 23.1 Å². The summed E-state index contributed by atoms with van der Waals surface area (Å²) in [4.78, 5) is 26.5. The van der Waals surface area contributed by atoms with Gasteiger partial charge in [-0.05, 0) is 50.5 Å². The number of aromatic amines is 1. The van der Waals surface area contributed by atoms with Crippen LogP contribution >= 0.6 is 0 Å². The molecule has 0 aliphatic rings. The molecule has 24 heavy (non-hydrogen) atoms. The fourth-order valence-corrected chi connectivity index (χ4v) is 2.79. The zero-order valence-corrected chi connectivity index (χ0v) is 14.1. The van der Waals surface area contributed by atoms with Crippen LogP contribution in [0.5, 0.6) is 0 Å². The molecular weight excluding hydrogens is 306 g/mol. The SMILES string of the molecule is Cc1[nH]c(=O)c(C#N)c(C)c1CCC(=O)N[C@@H](C)Cc1ccco1. The van der Waals surface area contributed by atoms with Crippen molar-refractivity contribution in [2.75, 3.05) is 0 Å². The number of pyridine rings is 1. The van der Waals surface area contributed by atoms with Gasteiger partial charge in [0.05, 0.1) is 6.26 Å². The van der Waals surface area contributed by atoms with E-state index in [1.807, 2.05) is 25.1 Å². The van der Waals surface area contributed by atoms with Crippen molar-refractivity contribution in [3.63, 3.8) is 0 Å². The number of hydrogen-bond donors (Lipinski definition) is 2. The Labute approximate surface area is 140 Å². The number of hydrogen-bond acceptors (Lipinski definition) is 4. The molecule has 2 N–H and O–H groups in total. The Morgan fingerprint density at radius 3 is 2.83 bits per heavy atom. The van der Waals surface area contributed by atoms with E-state index < -0.39 is 0 Å². The van der Waals surface area contributed by atoms with Crippen LogP contribution < -0.4 is 10.9 Å². The molecule has 2 heterocycles. The van der Waals surface area contributed by atoms with Gasteiger partial charge in [-0.15, -0.1) is 0 Å². The lowest BCUT2D eigenvalue weighted by molar-refractivity contribution is -0.121. The van der Waals surface area contributed by atoms with Crippen LogP contribution in [0.3, 0.4) is 0 Å². The van der Waals surface area contributed by atoms with Crippen LogP contribution in [0.4, 0.5) is 0 Å². The number of furan rings is 1. The minimum Gasteiger partial charge on any atom is -0.469 e. The Hall–Kier alpha value is -2.81. The smallest absolute Gasteiger partial charge is 0.266 e. The third kappa shape index (κ3) is 4.13. The summed E-state index contributed by atoms with van der Waals surface area (Å²) in [5.74, 6) is 0.756. The maximum absolute atomic E-state index is 12.1. The Balaban J connectivity index is 1.97. The number of carbonyl (C=O) groups excluding carboxylic acids is 1. The molecule has 6 heteroatoms. The van der Waals surface area contributed by atoms with Gasteiger partial charge < -0.3 is 14.7 Å². The molecule has 2 aromatic rings. The number of rotatable bonds is 6. The van der Waals surface area contributed by atoms with Crippen LogP contribution in [0.15, 0.2) is 27.6 Å². The molecular formula is C18H21N3O3. The van der Waals surface area contributed by atoms with Gasteiger partial charge >= 0.3 is 0 Å². The van der Waals surface area contributed by atoms with E-state index in [2.05, 4.69) is 10.3 Å². The third-order valence-electron chi connectivity index (χ3n) is 4.02. The summed E-state index contributed by atoms with van der Waals surface area (Å²) in [6.45, 7) is 5.45. The molecule has 0 saturated heterocycles. The normalized spacial score (nSPS) is 11.8. The summed E-state index contributed by atoms with van der Waals surface area (Å²) in [5, 5.41) is 12.0. The summed E-state index contributed by atoms with van der Waals surface area (Å²) >= 11 is 0. The first-order valence-electron chi connectivity index (χ1n) is 7.86. The van der Waals surface area contributed by atoms with E-state index in [1.165, 1.54) is 0 Å². The van der Waals surface area contributed by atoms with E-state index in [4.69, 9.17) is 9.68 Å². The van der Waals surface area contributed by atoms with E-state index in [1.54, 1.807) is 20.1 Å². The lowest BCUT2D eigenvalue weighted by atomic mass is 9.99. The molecule has 2 aromatic heterocycles. The molecule has 126 valence electrons. The highest BCUT2D eigenvalue weighted by atomic mass is 16.3. The van der Waals surface area contributed by atoms with Crippen molar-refractivity contribution in [3.8, 4) is 6.07 Å². The molecule has 0 fully saturated rings. The average molecular weight is 327 g/mol. The van der Waals surface area contributed by atoms with Crippen LogP contribution in [0.2, 0.25) is 0 Å². The second-order valence-corrected chi connectivity index (χ2v) is 5.92. The summed E-state index contributed by atoms with van der Waals surface area (Å²) in [5.41, 5.74) is 1.93. The number of nitrogens with zero attached hydrogens (tertiary/aromatic N) is 1. The highest BCUT2D eigenvalue weighted by Crippen LogP contribution is 2.15. The van der Waals surface area contributed by atoms with Gasteiger partial charge in [0.1, 0.15) is 17.4 Å². The molecule has 0 bridgehead atoms. The summed E-state index contributed by atoms with van der Waals surface area (Å²) < 4.78 is 5.27. The third-order valence-corrected chi connectivity index (χ3v) is 4.02. The van der Waals surface area contributed by atoms with Crippen molar-refractivity contribution in [2.24, 2.45) is 0 Å². The Kier molecular flexibility index (Phi) is 5.59. The number of H-pyrrole nitrogens is 1. The highest BCUT2D eigenvalue weighted by molar-refractivity contribution is 5.76. The molecule has 0 aliphatic carbocycles. The largest absolute Gasteiger partial charge is 0.469 e. The van der Waals surface area contributed by atoms with E-state index >= 15 is 0 Å². The number of nitriles is 1. The Morgan fingerprint density at radius 2 is 2.21 bits per heavy atom. The van der Waals surface area contributed by atoms with Crippen molar-refractivity contribution in [1.82, 2.24) is 10.3 Å². The summed E-state index contributed by atoms with van der Waals surface area (Å²) in [7, 11) is 0. The van der Waals surface area contributed by atoms with Gasteiger partial charge in [0.2, 0.25) is 5.91 Å². The second kappa shape index (κ2) is 7.64. The predicted octanol–water partition coefficient (Wildman–Crippen LogP) is 2.14. The molecule has 1 amide bonds. The number of aromatic nitrogens is 1. The van der Waals surface area contributed by atoms with Crippen LogP contribution in [-0.2, 0) is 17.6 Å². The van der Waals surface area contributed by atoms with Crippen molar-refractivity contribution < 1.29 is 9.21 Å². The van der Waals surface area contributed by atoms with Crippen molar-refractivity contribution in [2.45, 2.75) is 46.1 Å². The van der Waals surface area contributed by atoms with Gasteiger partial charge in [0, 0.05) is 24.6 Å². The second-order valence-electron chi connectivity index (χ2n) is 5.92. The fraction of sp³-hybridized carbons (Fsp3) is 0.389. The molecule has 6 nitrogen and oxygen atoms in total. The molecule has 0 spiro atoms. The van der Waals surface area contributed by atoms with Crippen molar-refractivity contribution in [3.05, 3.63) is 56.9 Å². The topological polar surface area (TPSA) is 98.9 Å². The molecule has 0 saturated carbocycles. The van der Waals surface area contributed by atoms with Crippen LogP contribution in [0.25, 0.3) is 0 Å². The lowest BCUT2D eigenvalue weighted by Crippen LogP contribution is -2.34. The van der Waals surface area contributed by atoms with Crippen LogP contribution in [-0.4, -0.2) is 16.9 Å². The monoisotopic (exact) mass is 327 g/mol. The predicted molar refractivity (Wildman–Crippen MR) is 89.6 cm³/mol. The molecule has 2 rings (SSSR count). The summed E-state index contributed by atoms with van der Waals surface area (Å²) in [6, 6.07) is 5.58. The maximum Gasteiger partial charge on any atom is 0.266 e. The number of aryl methyl sites for hydroxylation is 1. The Bertz CT molecular complexity index is 813. The van der Waals surface area contributed by atoms with E-state index in [0.29, 0.717) is 30.5 Å². The fourth-order valence-electron chi connectivity index (χ4n) is 2.79. The van der Waals surface area contributed by atoms with Crippen molar-refractivity contribution >= 4 is 5.91 Å².